The van der Waals surface area contributed by atoms with Crippen molar-refractivity contribution in [1.29, 1.82) is 0 Å². The van der Waals surface area contributed by atoms with Crippen molar-refractivity contribution in [1.82, 2.24) is 0 Å². The highest BCUT2D eigenvalue weighted by molar-refractivity contribution is 5.13. The lowest BCUT2D eigenvalue weighted by Gasteiger charge is -2.41. The Kier molecular flexibility index (Phi) is 8.17. The summed E-state index contributed by atoms with van der Waals surface area (Å²) in [6, 6.07) is 0. The molecule has 270 valence electrons. The van der Waals surface area contributed by atoms with Gasteiger partial charge in [0.05, 0.1) is 0 Å². The van der Waals surface area contributed by atoms with Crippen LogP contribution in [0.4, 0.5) is 0 Å². The summed E-state index contributed by atoms with van der Waals surface area (Å²) in [5.74, 6) is 28.4. The first-order valence-electron chi connectivity index (χ1n) is 23.2. The summed E-state index contributed by atoms with van der Waals surface area (Å²) in [5, 5.41) is 0. The lowest BCUT2D eigenvalue weighted by atomic mass is 9.64. The summed E-state index contributed by atoms with van der Waals surface area (Å²) in [6.07, 6.45) is 25.6. The van der Waals surface area contributed by atoms with Crippen LogP contribution in [0.2, 0.25) is 0 Å². The summed E-state index contributed by atoms with van der Waals surface area (Å²) in [6.45, 7) is 17.3. The fraction of sp³-hybridized carbons (Fsp3) is 1.00. The first-order chi connectivity index (χ1) is 23.2. The van der Waals surface area contributed by atoms with Crippen molar-refractivity contribution in [3.05, 3.63) is 0 Å². The van der Waals surface area contributed by atoms with Gasteiger partial charge in [-0.3, -0.25) is 0 Å². The zero-order valence-electron chi connectivity index (χ0n) is 32.7. The van der Waals surface area contributed by atoms with Crippen LogP contribution in [-0.2, 0) is 0 Å². The van der Waals surface area contributed by atoms with Crippen LogP contribution < -0.4 is 0 Å². The predicted molar refractivity (Wildman–Crippen MR) is 201 cm³/mol. The minimum absolute atomic E-state index is 0.899. The van der Waals surface area contributed by atoms with E-state index >= 15 is 0 Å². The fourth-order valence-corrected chi connectivity index (χ4v) is 19.7. The van der Waals surface area contributed by atoms with E-state index in [9.17, 15) is 0 Å². The second-order valence-electron chi connectivity index (χ2n) is 22.9. The summed E-state index contributed by atoms with van der Waals surface area (Å²) >= 11 is 0. The quantitative estimate of drug-likeness (QED) is 0.259. The molecular formula is C48H78. The molecule has 0 spiro atoms. The average molecular weight is 655 g/mol. The van der Waals surface area contributed by atoms with Crippen LogP contribution in [0.5, 0.6) is 0 Å². The van der Waals surface area contributed by atoms with Gasteiger partial charge in [-0.05, 0) is 244 Å². The Labute approximate surface area is 298 Å². The topological polar surface area (TPSA) is 0 Å². The van der Waals surface area contributed by atoms with E-state index in [0.717, 1.165) is 59.2 Å². The van der Waals surface area contributed by atoms with Gasteiger partial charge in [0.1, 0.15) is 0 Å². The zero-order chi connectivity index (χ0) is 32.7. The van der Waals surface area contributed by atoms with Gasteiger partial charge in [-0.1, -0.05) is 54.9 Å². The molecule has 12 saturated carbocycles. The lowest BCUT2D eigenvalue weighted by molar-refractivity contribution is 0.0677. The first-order valence-corrected chi connectivity index (χ1v) is 23.2. The van der Waals surface area contributed by atoms with E-state index in [0.29, 0.717) is 0 Å². The summed E-state index contributed by atoms with van der Waals surface area (Å²) in [7, 11) is 0. The van der Waals surface area contributed by atoms with Gasteiger partial charge in [0.15, 0.2) is 0 Å². The molecule has 12 aliphatic rings. The van der Waals surface area contributed by atoms with E-state index in [1.807, 2.05) is 0 Å². The Morgan fingerprint density at radius 2 is 0.729 bits per heavy atom. The molecule has 0 saturated heterocycles. The summed E-state index contributed by atoms with van der Waals surface area (Å²) in [4.78, 5) is 0. The second-order valence-corrected chi connectivity index (χ2v) is 22.9. The maximum absolute atomic E-state index is 2.54. The van der Waals surface area contributed by atoms with Crippen LogP contribution in [0, 0.1) is 148 Å². The van der Waals surface area contributed by atoms with Crippen LogP contribution in [-0.4, -0.2) is 0 Å². The lowest BCUT2D eigenvalue weighted by Crippen LogP contribution is -2.35. The first kappa shape index (κ1) is 32.6. The molecule has 0 aliphatic heterocycles. The fourth-order valence-electron chi connectivity index (χ4n) is 19.7. The monoisotopic (exact) mass is 655 g/mol. The molecule has 12 aliphatic carbocycles. The van der Waals surface area contributed by atoms with Gasteiger partial charge in [-0.2, -0.15) is 0 Å². The molecule has 12 rings (SSSR count). The molecule has 0 radical (unpaired) electrons. The Bertz CT molecular complexity index is 1180. The standard InChI is InChI=1S/C17H28.C16H26.C15H24/c1-9(2)10(3)14-7-13-8-15(14)17-12-5-4-11(6-12)16(13)17;1-3-9(2)13-7-12-8-14(13)16-11-5-4-10(6-11)15(12)16;1-8(2)12-6-11-7-13(12)15-10-4-3-9(5-10)14(11)15/h9-17H,4-8H2,1-3H3;9-16H,3-8H2,1-2H3;8-15H,3-7H2,1-2H3/t10-,11?,12?,13?,14?,15?,16?,17?;9-,10?,11?,12?,13?,14?,15?,16?;/m00./s1. The average Bonchev–Trinajstić information content (AvgIpc) is 3.95. The molecule has 0 heterocycles. The molecule has 12 bridgehead atoms. The van der Waals surface area contributed by atoms with Crippen LogP contribution in [0.1, 0.15) is 151 Å². The van der Waals surface area contributed by atoms with Crippen molar-refractivity contribution >= 4 is 0 Å². The minimum Gasteiger partial charge on any atom is -0.0651 e. The van der Waals surface area contributed by atoms with Gasteiger partial charge in [-0.25, -0.2) is 0 Å². The number of rotatable bonds is 5. The van der Waals surface area contributed by atoms with Gasteiger partial charge < -0.3 is 0 Å². The second kappa shape index (κ2) is 12.0. The van der Waals surface area contributed by atoms with Crippen molar-refractivity contribution in [2.45, 2.75) is 151 Å². The molecule has 0 aromatic rings. The molecule has 48 heavy (non-hydrogen) atoms. The van der Waals surface area contributed by atoms with Crippen LogP contribution in [0.25, 0.3) is 0 Å². The molecular weight excluding hydrogens is 577 g/mol. The maximum atomic E-state index is 2.54. The number of hydrogen-bond donors (Lipinski definition) is 0. The van der Waals surface area contributed by atoms with E-state index in [2.05, 4.69) is 48.5 Å². The van der Waals surface area contributed by atoms with Crippen LogP contribution in [0.3, 0.4) is 0 Å². The molecule has 0 aromatic carbocycles. The van der Waals surface area contributed by atoms with Gasteiger partial charge in [-0.15, -0.1) is 0 Å². The Hall–Kier alpha value is 0. The van der Waals surface area contributed by atoms with E-state index < -0.39 is 0 Å². The molecule has 0 heteroatoms. The predicted octanol–water partition coefficient (Wildman–Crippen LogP) is 12.9. The molecule has 23 atom stereocenters. The van der Waals surface area contributed by atoms with Crippen molar-refractivity contribution in [3.63, 3.8) is 0 Å². The van der Waals surface area contributed by atoms with E-state index in [4.69, 9.17) is 0 Å². The van der Waals surface area contributed by atoms with Gasteiger partial charge in [0.2, 0.25) is 0 Å². The third kappa shape index (κ3) is 4.69. The van der Waals surface area contributed by atoms with Gasteiger partial charge in [0.25, 0.3) is 0 Å². The third-order valence-corrected chi connectivity index (χ3v) is 21.3. The smallest absolute Gasteiger partial charge is 0.0321 e. The molecule has 0 amide bonds. The Morgan fingerprint density at radius 1 is 0.375 bits per heavy atom. The Morgan fingerprint density at radius 3 is 1.12 bits per heavy atom. The van der Waals surface area contributed by atoms with E-state index in [1.54, 1.807) is 96.3 Å². The van der Waals surface area contributed by atoms with Crippen molar-refractivity contribution in [3.8, 4) is 0 Å². The minimum atomic E-state index is 0.899. The maximum Gasteiger partial charge on any atom is -0.0321 e. The highest BCUT2D eigenvalue weighted by atomic mass is 14.7. The number of hydrogen-bond acceptors (Lipinski definition) is 0. The molecule has 0 nitrogen and oxygen atoms in total. The normalized spacial score (nSPS) is 58.8. The van der Waals surface area contributed by atoms with Crippen molar-refractivity contribution in [2.24, 2.45) is 148 Å². The van der Waals surface area contributed by atoms with Crippen molar-refractivity contribution in [2.75, 3.05) is 0 Å². The van der Waals surface area contributed by atoms with E-state index in [1.165, 1.54) is 95.2 Å². The van der Waals surface area contributed by atoms with Gasteiger partial charge in [0, 0.05) is 0 Å². The highest BCUT2D eigenvalue weighted by Gasteiger charge is 2.65. The molecule has 0 aromatic heterocycles. The SMILES string of the molecule is CC(C)C1CC2CC1C1C3CCC(C3)C21.CC(C)[C@H](C)C1CC2CC1C1C3CCC(C3)C21.CC[C@H](C)C1CC2CC1C1C3CCC(C3)C21. The number of fused-ring (bicyclic) bond motifs is 27. The summed E-state index contributed by atoms with van der Waals surface area (Å²) in [5.41, 5.74) is 0. The molecule has 0 N–H and O–H groups in total. The van der Waals surface area contributed by atoms with Crippen LogP contribution >= 0.6 is 0 Å². The molecule has 12 fully saturated rings. The molecule has 21 unspecified atom stereocenters. The summed E-state index contributed by atoms with van der Waals surface area (Å²) < 4.78 is 0. The Balaban J connectivity index is 0.0000000925. The van der Waals surface area contributed by atoms with E-state index in [-0.39, 0.29) is 0 Å². The van der Waals surface area contributed by atoms with Crippen molar-refractivity contribution < 1.29 is 0 Å². The largest absolute Gasteiger partial charge is 0.0651 e. The highest BCUT2D eigenvalue weighted by Crippen LogP contribution is 2.72. The van der Waals surface area contributed by atoms with Gasteiger partial charge >= 0.3 is 0 Å². The van der Waals surface area contributed by atoms with Crippen LogP contribution in [0.15, 0.2) is 0 Å². The zero-order valence-corrected chi connectivity index (χ0v) is 32.7. The third-order valence-electron chi connectivity index (χ3n) is 21.3.